The second kappa shape index (κ2) is 15.0. The number of carbonyl (C=O) groups excluding carboxylic acids is 1. The number of hydrogen-bond acceptors (Lipinski definition) is 7. The fourth-order valence-electron chi connectivity index (χ4n) is 5.55. The van der Waals surface area contributed by atoms with Crippen molar-refractivity contribution >= 4 is 11.6 Å². The number of rotatable bonds is 12. The van der Waals surface area contributed by atoms with Crippen molar-refractivity contribution in [3.05, 3.63) is 58.9 Å². The molecule has 0 spiro atoms. The lowest BCUT2D eigenvalue weighted by atomic mass is 9.95. The van der Waals surface area contributed by atoms with E-state index in [0.717, 1.165) is 82.9 Å². The fourth-order valence-corrected chi connectivity index (χ4v) is 5.55. The topological polar surface area (TPSA) is 86.1 Å². The lowest BCUT2D eigenvalue weighted by molar-refractivity contribution is -0.140. The van der Waals surface area contributed by atoms with Crippen LogP contribution >= 0.6 is 0 Å². The Morgan fingerprint density at radius 3 is 2.38 bits per heavy atom. The van der Waals surface area contributed by atoms with Crippen LogP contribution in [0.15, 0.2) is 36.4 Å². The van der Waals surface area contributed by atoms with Crippen LogP contribution in [0, 0.1) is 11.7 Å². The second-order valence-electron chi connectivity index (χ2n) is 11.2. The van der Waals surface area contributed by atoms with Crippen molar-refractivity contribution < 1.29 is 27.1 Å². The molecule has 2 aromatic rings. The maximum absolute atomic E-state index is 13.7. The van der Waals surface area contributed by atoms with Gasteiger partial charge in [0.2, 0.25) is 5.91 Å². The Hall–Kier alpha value is -2.93. The van der Waals surface area contributed by atoms with Gasteiger partial charge in [-0.3, -0.25) is 14.6 Å². The summed E-state index contributed by atoms with van der Waals surface area (Å²) >= 11 is 0. The molecule has 0 aliphatic carbocycles. The summed E-state index contributed by atoms with van der Waals surface area (Å²) in [7, 11) is 1.86. The molecule has 2 aromatic carbocycles. The second-order valence-corrected chi connectivity index (χ2v) is 11.2. The monoisotopic (exact) mass is 594 g/mol. The number of nitrogens with one attached hydrogen (secondary N) is 2. The normalized spacial score (nSPS) is 17.8. The third-order valence-electron chi connectivity index (χ3n) is 7.96. The van der Waals surface area contributed by atoms with Crippen LogP contribution in [0.25, 0.3) is 0 Å². The highest BCUT2D eigenvalue weighted by Gasteiger charge is 2.34. The average Bonchev–Trinajstić information content (AvgIpc) is 2.95. The van der Waals surface area contributed by atoms with E-state index in [2.05, 4.69) is 25.3 Å². The molecule has 2 heterocycles. The van der Waals surface area contributed by atoms with E-state index >= 15 is 0 Å². The summed E-state index contributed by atoms with van der Waals surface area (Å²) in [5.41, 5.74) is 6.44. The van der Waals surface area contributed by atoms with Crippen LogP contribution in [0.5, 0.6) is 5.75 Å². The number of ether oxygens (including phenoxy) is 1. The van der Waals surface area contributed by atoms with Crippen LogP contribution in [0.3, 0.4) is 0 Å². The van der Waals surface area contributed by atoms with Gasteiger partial charge in [-0.2, -0.15) is 13.2 Å². The quantitative estimate of drug-likeness (QED) is 0.198. The summed E-state index contributed by atoms with van der Waals surface area (Å²) in [5, 5.41) is 5.95. The molecule has 4 rings (SSSR count). The Bertz CT molecular complexity index is 1160. The van der Waals surface area contributed by atoms with Gasteiger partial charge in [0.05, 0.1) is 12.1 Å². The van der Waals surface area contributed by atoms with Crippen LogP contribution in [-0.4, -0.2) is 93.1 Å². The minimum absolute atomic E-state index is 0.0749. The number of amides is 1. The van der Waals surface area contributed by atoms with Crippen LogP contribution in [-0.2, 0) is 24.1 Å². The highest BCUT2D eigenvalue weighted by molar-refractivity contribution is 5.78. The highest BCUT2D eigenvalue weighted by Crippen LogP contribution is 2.32. The van der Waals surface area contributed by atoms with Crippen molar-refractivity contribution in [2.24, 2.45) is 5.92 Å². The molecule has 2 aliphatic heterocycles. The first-order valence-corrected chi connectivity index (χ1v) is 14.6. The number of benzene rings is 2. The molecule has 2 aliphatic rings. The van der Waals surface area contributed by atoms with Gasteiger partial charge in [-0.05, 0) is 74.8 Å². The van der Waals surface area contributed by atoms with Gasteiger partial charge in [0, 0.05) is 63.6 Å². The average molecular weight is 595 g/mol. The predicted molar refractivity (Wildman–Crippen MR) is 154 cm³/mol. The third kappa shape index (κ3) is 9.55. The Kier molecular flexibility index (Phi) is 11.4. The molecule has 232 valence electrons. The first-order valence-electron chi connectivity index (χ1n) is 14.6. The van der Waals surface area contributed by atoms with E-state index in [4.69, 9.17) is 10.5 Å². The van der Waals surface area contributed by atoms with Crippen molar-refractivity contribution in [3.8, 4) is 5.75 Å². The molecule has 8 nitrogen and oxygen atoms in total. The number of piperazine rings is 1. The van der Waals surface area contributed by atoms with Gasteiger partial charge in [0.1, 0.15) is 18.2 Å². The molecule has 0 saturated carbocycles. The molecule has 0 bridgehead atoms. The number of halogens is 4. The van der Waals surface area contributed by atoms with Crippen LogP contribution in [0.2, 0.25) is 0 Å². The number of nitrogen functional groups attached to an aromatic ring is 1. The van der Waals surface area contributed by atoms with Crippen molar-refractivity contribution in [3.63, 3.8) is 0 Å². The zero-order valence-electron chi connectivity index (χ0n) is 24.2. The van der Waals surface area contributed by atoms with E-state index in [1.807, 2.05) is 13.1 Å². The Morgan fingerprint density at radius 1 is 0.976 bits per heavy atom. The predicted octanol–water partition coefficient (Wildman–Crippen LogP) is 3.17. The summed E-state index contributed by atoms with van der Waals surface area (Å²) < 4.78 is 58.9. The molecule has 12 heteroatoms. The lowest BCUT2D eigenvalue weighted by Gasteiger charge is -2.38. The van der Waals surface area contributed by atoms with Gasteiger partial charge in [-0.1, -0.05) is 6.07 Å². The molecule has 42 heavy (non-hydrogen) atoms. The van der Waals surface area contributed by atoms with Gasteiger partial charge >= 0.3 is 6.18 Å². The van der Waals surface area contributed by atoms with Gasteiger partial charge in [-0.15, -0.1) is 0 Å². The SMILES string of the molecule is CNCCNC(=O)CN1CCN(CC2CCN(Cc3cc(N)ccc3OCc3ccc(F)c(C(F)(F)F)c3)CC2)CC1. The standard InChI is InChI=1S/C30H42F4N6O2/c1-36-8-9-37-29(41)20-40-14-12-39(13-15-40)18-22-6-10-38(11-7-22)19-24-17-25(35)3-5-28(24)42-21-23-2-4-27(31)26(16-23)30(32,33)34/h2-5,16-17,22,36H,6-15,18-21,35H2,1H3,(H,37,41). The Morgan fingerprint density at radius 2 is 1.69 bits per heavy atom. The third-order valence-corrected chi connectivity index (χ3v) is 7.96. The van der Waals surface area contributed by atoms with Gasteiger partial charge in [0.15, 0.2) is 0 Å². The number of likely N-dealkylation sites (tertiary alicyclic amines) is 1. The maximum Gasteiger partial charge on any atom is 0.419 e. The number of piperidine rings is 1. The first-order chi connectivity index (χ1) is 20.1. The lowest BCUT2D eigenvalue weighted by Crippen LogP contribution is -2.51. The molecule has 2 fully saturated rings. The fraction of sp³-hybridized carbons (Fsp3) is 0.567. The molecule has 1 amide bonds. The van der Waals surface area contributed by atoms with E-state index in [1.165, 1.54) is 6.07 Å². The summed E-state index contributed by atoms with van der Waals surface area (Å²) in [5.74, 6) is -0.0652. The highest BCUT2D eigenvalue weighted by atomic mass is 19.4. The summed E-state index contributed by atoms with van der Waals surface area (Å²) in [6, 6.07) is 8.19. The van der Waals surface area contributed by atoms with E-state index < -0.39 is 17.6 Å². The number of alkyl halides is 3. The zero-order chi connectivity index (χ0) is 30.1. The van der Waals surface area contributed by atoms with E-state index in [1.54, 1.807) is 12.1 Å². The van der Waals surface area contributed by atoms with Crippen LogP contribution in [0.1, 0.15) is 29.5 Å². The molecular formula is C30H42F4N6O2. The number of anilines is 1. The molecule has 0 radical (unpaired) electrons. The summed E-state index contributed by atoms with van der Waals surface area (Å²) in [6.07, 6.45) is -2.62. The van der Waals surface area contributed by atoms with E-state index in [-0.39, 0.29) is 18.1 Å². The zero-order valence-corrected chi connectivity index (χ0v) is 24.2. The van der Waals surface area contributed by atoms with Crippen molar-refractivity contribution in [2.45, 2.75) is 32.2 Å². The molecule has 4 N–H and O–H groups in total. The van der Waals surface area contributed by atoms with Crippen LogP contribution in [0.4, 0.5) is 23.2 Å². The van der Waals surface area contributed by atoms with E-state index in [9.17, 15) is 22.4 Å². The van der Waals surface area contributed by atoms with Crippen LogP contribution < -0.4 is 21.1 Å². The van der Waals surface area contributed by atoms with Gasteiger partial charge in [0.25, 0.3) is 0 Å². The molecular weight excluding hydrogens is 552 g/mol. The molecule has 0 aromatic heterocycles. The number of likely N-dealkylation sites (N-methyl/N-ethyl adjacent to an activating group) is 1. The maximum atomic E-state index is 13.7. The van der Waals surface area contributed by atoms with Crippen molar-refractivity contribution in [1.82, 2.24) is 25.3 Å². The summed E-state index contributed by atoms with van der Waals surface area (Å²) in [6.45, 7) is 9.00. The minimum Gasteiger partial charge on any atom is -0.489 e. The van der Waals surface area contributed by atoms with Crippen molar-refractivity contribution in [1.29, 1.82) is 0 Å². The summed E-state index contributed by atoms with van der Waals surface area (Å²) in [4.78, 5) is 19.1. The number of nitrogens with two attached hydrogens (primary N) is 1. The molecule has 0 unspecified atom stereocenters. The Balaban J connectivity index is 1.22. The number of carbonyl (C=O) groups is 1. The number of nitrogens with zero attached hydrogens (tertiary/aromatic N) is 3. The van der Waals surface area contributed by atoms with Gasteiger partial charge < -0.3 is 26.0 Å². The first kappa shape index (κ1) is 32.0. The van der Waals surface area contributed by atoms with Crippen molar-refractivity contribution in [2.75, 3.05) is 78.2 Å². The number of hydrogen-bond donors (Lipinski definition) is 3. The smallest absolute Gasteiger partial charge is 0.419 e. The van der Waals surface area contributed by atoms with E-state index in [0.29, 0.717) is 37.0 Å². The Labute approximate surface area is 245 Å². The largest absolute Gasteiger partial charge is 0.489 e. The molecule has 2 saturated heterocycles. The molecule has 0 atom stereocenters. The minimum atomic E-state index is -4.77. The van der Waals surface area contributed by atoms with Gasteiger partial charge in [-0.25, -0.2) is 4.39 Å².